The highest BCUT2D eigenvalue weighted by Gasteiger charge is 2.41. The Hall–Kier alpha value is -5.57. The monoisotopic (exact) mass is 867 g/mol. The van der Waals surface area contributed by atoms with Gasteiger partial charge in [-0.05, 0) is 98.7 Å². The number of halogens is 1. The van der Waals surface area contributed by atoms with Gasteiger partial charge in [0.15, 0.2) is 0 Å². The molecular weight excluding hydrogens is 810 g/mol. The number of methoxy groups -OCH3 is 2. The number of carbonyl (C=O) groups excluding carboxylic acids is 4. The lowest BCUT2D eigenvalue weighted by Gasteiger charge is -2.36. The van der Waals surface area contributed by atoms with Crippen LogP contribution in [0.15, 0.2) is 42.5 Å². The first-order valence-corrected chi connectivity index (χ1v) is 22.3. The summed E-state index contributed by atoms with van der Waals surface area (Å²) in [5, 5.41) is 8.02. The third-order valence-electron chi connectivity index (χ3n) is 13.2. The van der Waals surface area contributed by atoms with Crippen LogP contribution in [0.3, 0.4) is 0 Å². The SMILES string of the molecule is COC(=O)N[C@H](C(=O)N1CCC[C@H]1c1nc2c([nH]1)=CCC([C@H]1CC[C@H](c3ccc4[nH]c([C@@H]5CCCN5C(=O)[C@@H](NC(=O)OC)C(C)C)nc4c3)N1c1ccc(Cl)cc1)C=2)C(C)C. The quantitative estimate of drug-likeness (QED) is 0.140. The lowest BCUT2D eigenvalue weighted by atomic mass is 9.91. The predicted molar refractivity (Wildman–Crippen MR) is 236 cm³/mol. The summed E-state index contributed by atoms with van der Waals surface area (Å²) in [5.74, 6) is 1.17. The molecule has 2 aromatic carbocycles. The first kappa shape index (κ1) is 43.1. The standard InChI is InChI=1S/C46H58ClN9O6/c1-25(2)39(52-45(59)61-5)43(57)54-21-7-9-37(54)41-48-31-17-11-27(23-33(31)50-41)35-19-20-36(56(35)30-15-13-29(47)14-16-30)28-12-18-32-34(24-28)51-42(49-32)38-10-8-22-55(38)44(58)40(26(3)4)53-46(60)62-6/h11,13-18,23-26,28,35-40H,7-10,12,19-22H2,1-6H3,(H,48,50)(H,49,51)(H,52,59)(H,53,60)/t28?,35-,36-,37+,38+,39+,40+/m1/s1. The van der Waals surface area contributed by atoms with E-state index in [0.717, 1.165) is 89.6 Å². The molecular formula is C46H58ClN9O6. The first-order valence-electron chi connectivity index (χ1n) is 22.0. The van der Waals surface area contributed by atoms with E-state index in [1.54, 1.807) is 0 Å². The molecule has 3 saturated heterocycles. The zero-order chi connectivity index (χ0) is 43.8. The molecule has 4 aromatic rings. The van der Waals surface area contributed by atoms with Gasteiger partial charge in [-0.1, -0.05) is 57.5 Å². The van der Waals surface area contributed by atoms with Crippen molar-refractivity contribution in [1.29, 1.82) is 0 Å². The van der Waals surface area contributed by atoms with Crippen LogP contribution in [0.4, 0.5) is 15.3 Å². The summed E-state index contributed by atoms with van der Waals surface area (Å²) in [6.07, 6.45) is 9.25. The Morgan fingerprint density at radius 1 is 0.758 bits per heavy atom. The molecule has 2 aromatic heterocycles. The van der Waals surface area contributed by atoms with Crippen molar-refractivity contribution >= 4 is 64.5 Å². The van der Waals surface area contributed by atoms with Crippen LogP contribution in [0.25, 0.3) is 23.2 Å². The highest BCUT2D eigenvalue weighted by molar-refractivity contribution is 6.30. The van der Waals surface area contributed by atoms with Crippen molar-refractivity contribution in [2.24, 2.45) is 17.8 Å². The molecule has 16 heteroatoms. The smallest absolute Gasteiger partial charge is 0.407 e. The number of carbonyl (C=O) groups is 4. The van der Waals surface area contributed by atoms with E-state index >= 15 is 0 Å². The lowest BCUT2D eigenvalue weighted by Crippen LogP contribution is -2.51. The van der Waals surface area contributed by atoms with Crippen molar-refractivity contribution in [1.82, 2.24) is 40.4 Å². The minimum Gasteiger partial charge on any atom is -0.453 e. The molecule has 4 amide bonds. The topological polar surface area (TPSA) is 178 Å². The Morgan fingerprint density at radius 3 is 1.94 bits per heavy atom. The molecule has 1 unspecified atom stereocenters. The van der Waals surface area contributed by atoms with E-state index in [0.29, 0.717) is 18.1 Å². The van der Waals surface area contributed by atoms with E-state index in [9.17, 15) is 19.2 Å². The van der Waals surface area contributed by atoms with Crippen molar-refractivity contribution < 1.29 is 28.7 Å². The molecule has 0 saturated carbocycles. The van der Waals surface area contributed by atoms with Gasteiger partial charge in [-0.15, -0.1) is 0 Å². The number of nitrogens with zero attached hydrogens (tertiary/aromatic N) is 5. The van der Waals surface area contributed by atoms with Crippen LogP contribution >= 0.6 is 11.6 Å². The van der Waals surface area contributed by atoms with Crippen molar-refractivity contribution in [3.8, 4) is 0 Å². The molecule has 1 aliphatic carbocycles. The molecule has 5 heterocycles. The Labute approximate surface area is 366 Å². The zero-order valence-electron chi connectivity index (χ0n) is 36.3. The molecule has 3 aliphatic heterocycles. The molecule has 15 nitrogen and oxygen atoms in total. The summed E-state index contributed by atoms with van der Waals surface area (Å²) < 4.78 is 9.63. The number of likely N-dealkylation sites (tertiary alicyclic amines) is 2. The summed E-state index contributed by atoms with van der Waals surface area (Å²) in [4.78, 5) is 75.4. The van der Waals surface area contributed by atoms with Crippen LogP contribution in [0.1, 0.15) is 108 Å². The Bertz CT molecular complexity index is 2430. The maximum atomic E-state index is 13.8. The van der Waals surface area contributed by atoms with E-state index in [1.165, 1.54) is 14.2 Å². The van der Waals surface area contributed by atoms with Gasteiger partial charge in [-0.2, -0.15) is 0 Å². The second-order valence-electron chi connectivity index (χ2n) is 17.7. The van der Waals surface area contributed by atoms with E-state index in [4.69, 9.17) is 31.0 Å². The van der Waals surface area contributed by atoms with Crippen LogP contribution in [-0.4, -0.2) is 99.2 Å². The van der Waals surface area contributed by atoms with Gasteiger partial charge in [-0.3, -0.25) is 9.59 Å². The van der Waals surface area contributed by atoms with Crippen molar-refractivity contribution in [2.45, 2.75) is 109 Å². The Morgan fingerprint density at radius 2 is 1.35 bits per heavy atom. The van der Waals surface area contributed by atoms with Gasteiger partial charge in [0, 0.05) is 35.8 Å². The van der Waals surface area contributed by atoms with Gasteiger partial charge < -0.3 is 44.8 Å². The minimum atomic E-state index is -0.706. The summed E-state index contributed by atoms with van der Waals surface area (Å²) in [5.41, 5.74) is 4.00. The molecule has 330 valence electrons. The van der Waals surface area contributed by atoms with Gasteiger partial charge in [-0.25, -0.2) is 19.6 Å². The number of H-pyrrole nitrogens is 2. The molecule has 8 rings (SSSR count). The van der Waals surface area contributed by atoms with Gasteiger partial charge in [0.25, 0.3) is 0 Å². The summed E-state index contributed by atoms with van der Waals surface area (Å²) in [6, 6.07) is 12.9. The van der Waals surface area contributed by atoms with Gasteiger partial charge in [0.2, 0.25) is 11.8 Å². The number of rotatable bonds is 11. The number of hydrogen-bond acceptors (Lipinski definition) is 9. The number of fused-ring (bicyclic) bond motifs is 2. The number of imidazole rings is 2. The third kappa shape index (κ3) is 8.47. The second kappa shape index (κ2) is 18.0. The average molecular weight is 868 g/mol. The molecule has 0 radical (unpaired) electrons. The molecule has 0 spiro atoms. The zero-order valence-corrected chi connectivity index (χ0v) is 37.1. The first-order chi connectivity index (χ1) is 29.8. The number of alkyl carbamates (subject to hydrolysis) is 2. The molecule has 62 heavy (non-hydrogen) atoms. The summed E-state index contributed by atoms with van der Waals surface area (Å²) in [7, 11) is 2.60. The molecule has 0 bridgehead atoms. The largest absolute Gasteiger partial charge is 0.453 e. The van der Waals surface area contributed by atoms with E-state index in [2.05, 4.69) is 68.0 Å². The lowest BCUT2D eigenvalue weighted by molar-refractivity contribution is -0.136. The van der Waals surface area contributed by atoms with Crippen LogP contribution in [0, 0.1) is 17.8 Å². The number of benzene rings is 2. The normalized spacial score (nSPS) is 23.2. The maximum absolute atomic E-state index is 13.8. The number of hydrogen-bond donors (Lipinski definition) is 4. The maximum Gasteiger partial charge on any atom is 0.407 e. The van der Waals surface area contributed by atoms with Gasteiger partial charge in [0.1, 0.15) is 23.7 Å². The highest BCUT2D eigenvalue weighted by atomic mass is 35.5. The minimum absolute atomic E-state index is 0.0709. The number of nitrogens with one attached hydrogen (secondary N) is 4. The fraction of sp³-hybridized carbons (Fsp3) is 0.522. The number of aromatic amines is 2. The van der Waals surface area contributed by atoms with Crippen molar-refractivity contribution in [3.63, 3.8) is 0 Å². The number of aromatic nitrogens is 4. The Balaban J connectivity index is 1.05. The van der Waals surface area contributed by atoms with Crippen LogP contribution in [0.5, 0.6) is 0 Å². The second-order valence-corrected chi connectivity index (χ2v) is 18.2. The van der Waals surface area contributed by atoms with Crippen LogP contribution < -0.4 is 26.2 Å². The van der Waals surface area contributed by atoms with E-state index < -0.39 is 24.3 Å². The fourth-order valence-electron chi connectivity index (χ4n) is 10.0. The van der Waals surface area contributed by atoms with Gasteiger partial charge in [0.05, 0.1) is 54.1 Å². The number of amides is 4. The summed E-state index contributed by atoms with van der Waals surface area (Å²) in [6.45, 7) is 8.83. The number of ether oxygens (including phenoxy) is 2. The molecule has 3 fully saturated rings. The Kier molecular flexibility index (Phi) is 12.5. The van der Waals surface area contributed by atoms with E-state index in [1.807, 2.05) is 49.6 Å². The fourth-order valence-corrected chi connectivity index (χ4v) is 10.1. The van der Waals surface area contributed by atoms with Crippen molar-refractivity contribution in [3.05, 3.63) is 75.4 Å². The molecule has 4 aliphatic rings. The highest BCUT2D eigenvalue weighted by Crippen LogP contribution is 2.45. The van der Waals surface area contributed by atoms with Crippen molar-refractivity contribution in [2.75, 3.05) is 32.2 Å². The van der Waals surface area contributed by atoms with Crippen LogP contribution in [0.2, 0.25) is 5.02 Å². The summed E-state index contributed by atoms with van der Waals surface area (Å²) >= 11 is 6.42. The van der Waals surface area contributed by atoms with Crippen LogP contribution in [-0.2, 0) is 19.1 Å². The van der Waals surface area contributed by atoms with Gasteiger partial charge >= 0.3 is 12.2 Å². The molecule has 4 N–H and O–H groups in total. The third-order valence-corrected chi connectivity index (χ3v) is 13.4. The molecule has 7 atom stereocenters. The number of anilines is 1. The average Bonchev–Trinajstić information content (AvgIpc) is 4.12. The predicted octanol–water partition coefficient (Wildman–Crippen LogP) is 6.02. The van der Waals surface area contributed by atoms with E-state index in [-0.39, 0.29) is 53.7 Å².